The molecule has 0 aliphatic rings. The summed E-state index contributed by atoms with van der Waals surface area (Å²) in [7, 11) is 0. The Morgan fingerprint density at radius 2 is 1.85 bits per heavy atom. The van der Waals surface area contributed by atoms with E-state index >= 15 is 0 Å². The largest absolute Gasteiger partial charge is 0.504 e. The Morgan fingerprint density at radius 3 is 2.50 bits per heavy atom. The van der Waals surface area contributed by atoms with Crippen LogP contribution in [0.4, 0.5) is 0 Å². The average Bonchev–Trinajstić information content (AvgIpc) is 2.62. The molecule has 0 radical (unpaired) electrons. The molecule has 2 aromatic carbocycles. The minimum absolute atomic E-state index is 0.0789. The van der Waals surface area contributed by atoms with Crippen molar-refractivity contribution in [3.05, 3.63) is 59.2 Å². The van der Waals surface area contributed by atoms with Crippen molar-refractivity contribution in [2.75, 3.05) is 13.2 Å². The average molecular weight is 358 g/mol. The molecule has 0 saturated heterocycles. The maximum Gasteiger partial charge on any atom is 0.312 e. The number of phenolic OH excluding ortho intramolecular Hbond substituents is 1. The molecular formula is C21H28NO4+. The second kappa shape index (κ2) is 9.82. The third-order valence-corrected chi connectivity index (χ3v) is 4.20. The van der Waals surface area contributed by atoms with Crippen LogP contribution in [0.1, 0.15) is 43.0 Å². The molecule has 0 heterocycles. The summed E-state index contributed by atoms with van der Waals surface area (Å²) in [6, 6.07) is 13.5. The number of carbonyl (C=O) groups is 1. The molecular weight excluding hydrogens is 330 g/mol. The van der Waals surface area contributed by atoms with Gasteiger partial charge in [0.15, 0.2) is 11.5 Å². The number of quaternary nitrogens is 1. The molecule has 0 fully saturated rings. The van der Waals surface area contributed by atoms with Gasteiger partial charge in [0, 0.05) is 5.56 Å². The zero-order valence-corrected chi connectivity index (χ0v) is 15.7. The number of rotatable bonds is 9. The molecule has 26 heavy (non-hydrogen) atoms. The number of hydrogen-bond acceptors (Lipinski definition) is 4. The summed E-state index contributed by atoms with van der Waals surface area (Å²) in [6.45, 7) is 7.12. The van der Waals surface area contributed by atoms with Gasteiger partial charge < -0.3 is 19.9 Å². The Kier molecular flexibility index (Phi) is 7.48. The summed E-state index contributed by atoms with van der Waals surface area (Å²) in [6.07, 6.45) is 0.281. The quantitative estimate of drug-likeness (QED) is 0.676. The highest BCUT2D eigenvalue weighted by Gasteiger charge is 2.21. The van der Waals surface area contributed by atoms with E-state index in [1.54, 1.807) is 13.0 Å². The predicted octanol–water partition coefficient (Wildman–Crippen LogP) is 2.86. The smallest absolute Gasteiger partial charge is 0.312 e. The van der Waals surface area contributed by atoms with Gasteiger partial charge in [0.1, 0.15) is 19.0 Å². The van der Waals surface area contributed by atoms with Crippen LogP contribution >= 0.6 is 0 Å². The molecule has 2 rings (SSSR count). The summed E-state index contributed by atoms with van der Waals surface area (Å²) in [5, 5.41) is 12.4. The van der Waals surface area contributed by atoms with Crippen LogP contribution in [0.2, 0.25) is 0 Å². The van der Waals surface area contributed by atoms with Gasteiger partial charge in [-0.05, 0) is 32.9 Å². The van der Waals surface area contributed by atoms with Gasteiger partial charge in [-0.15, -0.1) is 0 Å². The minimum atomic E-state index is -0.221. The van der Waals surface area contributed by atoms with Crippen LogP contribution in [0.25, 0.3) is 0 Å². The van der Waals surface area contributed by atoms with E-state index in [1.807, 2.05) is 55.6 Å². The number of aryl methyl sites for hydroxylation is 1. The normalized spacial score (nSPS) is 11.8. The van der Waals surface area contributed by atoms with Crippen LogP contribution in [0.15, 0.2) is 42.5 Å². The molecule has 3 N–H and O–H groups in total. The Labute approximate surface area is 155 Å². The standard InChI is InChI=1S/C21H27NO4/c1-4-25-19-8-6-7-17(21(19)24)14-22-18(13-20(23)26-5-2)16-11-9-15(3)10-12-16/h6-12,18,22,24H,4-5,13-14H2,1-3H3/p+1/t18-/m0/s1. The molecule has 5 heteroatoms. The molecule has 2 aromatic rings. The maximum absolute atomic E-state index is 12.0. The lowest BCUT2D eigenvalue weighted by Crippen LogP contribution is -2.84. The summed E-state index contributed by atoms with van der Waals surface area (Å²) < 4.78 is 10.6. The van der Waals surface area contributed by atoms with E-state index in [0.717, 1.165) is 11.1 Å². The monoisotopic (exact) mass is 358 g/mol. The highest BCUT2D eigenvalue weighted by Crippen LogP contribution is 2.29. The molecule has 0 unspecified atom stereocenters. The number of carbonyl (C=O) groups excluding carboxylic acids is 1. The van der Waals surface area contributed by atoms with E-state index in [1.165, 1.54) is 5.56 Å². The molecule has 0 aromatic heterocycles. The van der Waals surface area contributed by atoms with E-state index in [-0.39, 0.29) is 24.2 Å². The van der Waals surface area contributed by atoms with Crippen LogP contribution in [0, 0.1) is 6.92 Å². The van der Waals surface area contributed by atoms with Crippen LogP contribution < -0.4 is 10.1 Å². The number of benzene rings is 2. The fourth-order valence-corrected chi connectivity index (χ4v) is 2.82. The zero-order chi connectivity index (χ0) is 18.9. The van der Waals surface area contributed by atoms with Crippen molar-refractivity contribution in [1.29, 1.82) is 0 Å². The Balaban J connectivity index is 2.15. The molecule has 0 spiro atoms. The lowest BCUT2D eigenvalue weighted by atomic mass is 10.0. The second-order valence-corrected chi connectivity index (χ2v) is 6.16. The van der Waals surface area contributed by atoms with Gasteiger partial charge >= 0.3 is 5.97 Å². The summed E-state index contributed by atoms with van der Waals surface area (Å²) in [5.41, 5.74) is 3.01. The number of hydrogen-bond donors (Lipinski definition) is 2. The fraction of sp³-hybridized carbons (Fsp3) is 0.381. The van der Waals surface area contributed by atoms with Crippen LogP contribution in [0.3, 0.4) is 0 Å². The first-order valence-corrected chi connectivity index (χ1v) is 9.04. The van der Waals surface area contributed by atoms with Gasteiger partial charge in [-0.3, -0.25) is 4.79 Å². The van der Waals surface area contributed by atoms with Crippen molar-refractivity contribution >= 4 is 5.97 Å². The van der Waals surface area contributed by atoms with Crippen molar-refractivity contribution in [3.8, 4) is 11.5 Å². The van der Waals surface area contributed by atoms with E-state index in [2.05, 4.69) is 0 Å². The van der Waals surface area contributed by atoms with Gasteiger partial charge in [0.05, 0.1) is 18.8 Å². The highest BCUT2D eigenvalue weighted by molar-refractivity contribution is 5.70. The molecule has 0 amide bonds. The number of para-hydroxylation sites is 1. The molecule has 0 saturated carbocycles. The minimum Gasteiger partial charge on any atom is -0.504 e. The van der Waals surface area contributed by atoms with Gasteiger partial charge in [0.25, 0.3) is 0 Å². The third kappa shape index (κ3) is 5.49. The Bertz CT molecular complexity index is 712. The number of ether oxygens (including phenoxy) is 2. The number of esters is 1. The van der Waals surface area contributed by atoms with Gasteiger partial charge in [-0.1, -0.05) is 35.9 Å². The third-order valence-electron chi connectivity index (χ3n) is 4.20. The molecule has 0 aliphatic carbocycles. The first kappa shape index (κ1) is 19.8. The number of nitrogens with two attached hydrogens (primary N) is 1. The summed E-state index contributed by atoms with van der Waals surface area (Å²) in [4.78, 5) is 12.0. The topological polar surface area (TPSA) is 72.4 Å². The molecule has 0 bridgehead atoms. The zero-order valence-electron chi connectivity index (χ0n) is 15.7. The van der Waals surface area contributed by atoms with Crippen LogP contribution in [-0.4, -0.2) is 24.3 Å². The van der Waals surface area contributed by atoms with Gasteiger partial charge in [-0.2, -0.15) is 0 Å². The van der Waals surface area contributed by atoms with Gasteiger partial charge in [0.2, 0.25) is 0 Å². The van der Waals surface area contributed by atoms with Crippen molar-refractivity contribution in [2.45, 2.75) is 39.8 Å². The predicted molar refractivity (Wildman–Crippen MR) is 100 cm³/mol. The van der Waals surface area contributed by atoms with Crippen molar-refractivity contribution in [1.82, 2.24) is 0 Å². The van der Waals surface area contributed by atoms with Crippen LogP contribution in [-0.2, 0) is 16.1 Å². The molecule has 5 nitrogen and oxygen atoms in total. The van der Waals surface area contributed by atoms with E-state index < -0.39 is 0 Å². The summed E-state index contributed by atoms with van der Waals surface area (Å²) >= 11 is 0. The van der Waals surface area contributed by atoms with E-state index in [9.17, 15) is 9.90 Å². The Morgan fingerprint density at radius 1 is 1.12 bits per heavy atom. The fourth-order valence-electron chi connectivity index (χ4n) is 2.82. The van der Waals surface area contributed by atoms with Crippen molar-refractivity contribution in [2.24, 2.45) is 0 Å². The van der Waals surface area contributed by atoms with Crippen molar-refractivity contribution < 1.29 is 24.7 Å². The highest BCUT2D eigenvalue weighted by atomic mass is 16.5. The van der Waals surface area contributed by atoms with Crippen molar-refractivity contribution in [3.63, 3.8) is 0 Å². The lowest BCUT2D eigenvalue weighted by molar-refractivity contribution is -0.710. The van der Waals surface area contributed by atoms with Crippen LogP contribution in [0.5, 0.6) is 11.5 Å². The van der Waals surface area contributed by atoms with Gasteiger partial charge in [-0.25, -0.2) is 0 Å². The second-order valence-electron chi connectivity index (χ2n) is 6.16. The molecule has 0 aliphatic heterocycles. The number of phenols is 1. The lowest BCUT2D eigenvalue weighted by Gasteiger charge is -2.17. The van der Waals surface area contributed by atoms with E-state index in [4.69, 9.17) is 9.47 Å². The SMILES string of the molecule is CCOC(=O)C[C@H]([NH2+]Cc1cccc(OCC)c1O)c1ccc(C)cc1. The first-order chi connectivity index (χ1) is 12.5. The molecule has 140 valence electrons. The van der Waals surface area contributed by atoms with E-state index in [0.29, 0.717) is 25.5 Å². The maximum atomic E-state index is 12.0. The first-order valence-electron chi connectivity index (χ1n) is 9.04. The molecule has 1 atom stereocenters. The Hall–Kier alpha value is -2.53. The number of aromatic hydroxyl groups is 1. The summed E-state index contributed by atoms with van der Waals surface area (Å²) in [5.74, 6) is 0.418.